The van der Waals surface area contributed by atoms with Crippen LogP contribution >= 0.6 is 0 Å². The fourth-order valence-corrected chi connectivity index (χ4v) is 8.31. The minimum atomic E-state index is -0.785. The van der Waals surface area contributed by atoms with Crippen molar-refractivity contribution in [2.75, 3.05) is 6.61 Å². The van der Waals surface area contributed by atoms with Crippen molar-refractivity contribution in [1.29, 1.82) is 0 Å². The summed E-state index contributed by atoms with van der Waals surface area (Å²) in [7, 11) is 0. The predicted octanol–water partition coefficient (Wildman–Crippen LogP) is 15.7. The summed E-state index contributed by atoms with van der Waals surface area (Å²) in [4.78, 5) is 26.1. The molecule has 6 nitrogen and oxygen atoms in total. The van der Waals surface area contributed by atoms with Crippen molar-refractivity contribution in [2.24, 2.45) is 0 Å². The highest BCUT2D eigenvalue weighted by atomic mass is 16.5. The number of nitrogens with one attached hydrogen (secondary N) is 1. The first kappa shape index (κ1) is 57.6. The van der Waals surface area contributed by atoms with Gasteiger partial charge < -0.3 is 20.3 Å². The zero-order valence-electron chi connectivity index (χ0n) is 39.9. The van der Waals surface area contributed by atoms with E-state index in [9.17, 15) is 19.8 Å². The fourth-order valence-electron chi connectivity index (χ4n) is 8.31. The number of rotatable bonds is 48. The second-order valence-corrected chi connectivity index (χ2v) is 18.3. The van der Waals surface area contributed by atoms with Crippen molar-refractivity contribution >= 4 is 11.9 Å². The van der Waals surface area contributed by atoms with E-state index in [1.165, 1.54) is 186 Å². The first-order chi connectivity index (χ1) is 29.0. The molecule has 0 fully saturated rings. The average Bonchev–Trinajstić information content (AvgIpc) is 3.23. The monoisotopic (exact) mass is 834 g/mol. The summed E-state index contributed by atoms with van der Waals surface area (Å²) in [5.74, 6) is -0.471. The van der Waals surface area contributed by atoms with Gasteiger partial charge in [-0.1, -0.05) is 238 Å². The van der Waals surface area contributed by atoms with E-state index in [0.29, 0.717) is 19.3 Å². The molecule has 0 aliphatic rings. The third kappa shape index (κ3) is 43.1. The van der Waals surface area contributed by atoms with Crippen LogP contribution in [0.4, 0.5) is 0 Å². The molecule has 0 aromatic rings. The number of amides is 1. The van der Waals surface area contributed by atoms with Crippen LogP contribution in [0.5, 0.6) is 0 Å². The smallest absolute Gasteiger partial charge is 0.306 e. The lowest BCUT2D eigenvalue weighted by atomic mass is 10.0. The van der Waals surface area contributed by atoms with Gasteiger partial charge in [0.05, 0.1) is 25.2 Å². The van der Waals surface area contributed by atoms with Crippen LogP contribution in [0.2, 0.25) is 0 Å². The molecule has 0 aromatic carbocycles. The van der Waals surface area contributed by atoms with Gasteiger partial charge in [-0.25, -0.2) is 0 Å². The van der Waals surface area contributed by atoms with Gasteiger partial charge >= 0.3 is 5.97 Å². The lowest BCUT2D eigenvalue weighted by Crippen LogP contribution is -2.46. The Labute approximate surface area is 368 Å². The molecule has 3 unspecified atom stereocenters. The van der Waals surface area contributed by atoms with E-state index in [0.717, 1.165) is 57.8 Å². The van der Waals surface area contributed by atoms with Gasteiger partial charge in [0.2, 0.25) is 5.91 Å². The molecule has 0 spiro atoms. The van der Waals surface area contributed by atoms with Crippen LogP contribution in [0.15, 0.2) is 12.2 Å². The Balaban J connectivity index is 4.56. The zero-order valence-corrected chi connectivity index (χ0v) is 39.9. The molecule has 59 heavy (non-hydrogen) atoms. The van der Waals surface area contributed by atoms with Crippen LogP contribution in [0.1, 0.15) is 290 Å². The van der Waals surface area contributed by atoms with Crippen LogP contribution in [0.3, 0.4) is 0 Å². The second-order valence-electron chi connectivity index (χ2n) is 18.3. The summed E-state index contributed by atoms with van der Waals surface area (Å²) in [6.07, 6.45) is 52.7. The number of aliphatic hydroxyl groups is 2. The number of aliphatic hydroxyl groups excluding tert-OH is 2. The molecule has 0 aliphatic heterocycles. The molecule has 1 amide bonds. The fraction of sp³-hybridized carbons (Fsp3) is 0.925. The molecule has 0 heterocycles. The van der Waals surface area contributed by atoms with Gasteiger partial charge in [0.25, 0.3) is 0 Å². The lowest BCUT2D eigenvalue weighted by Gasteiger charge is -2.24. The number of carbonyl (C=O) groups is 2. The largest absolute Gasteiger partial charge is 0.462 e. The van der Waals surface area contributed by atoms with E-state index in [-0.39, 0.29) is 24.9 Å². The van der Waals surface area contributed by atoms with E-state index in [1.807, 2.05) is 0 Å². The number of carbonyl (C=O) groups excluding carboxylic acids is 2. The minimum absolute atomic E-state index is 0.0741. The predicted molar refractivity (Wildman–Crippen MR) is 255 cm³/mol. The molecule has 0 bridgehead atoms. The number of unbranched alkanes of at least 4 members (excludes halogenated alkanes) is 34. The molecule has 0 saturated carbocycles. The van der Waals surface area contributed by atoms with Crippen LogP contribution in [0, 0.1) is 0 Å². The summed E-state index contributed by atoms with van der Waals surface area (Å²) in [5.41, 5.74) is 0. The maximum atomic E-state index is 13.2. The van der Waals surface area contributed by atoms with E-state index in [2.05, 4.69) is 38.2 Å². The average molecular weight is 834 g/mol. The molecule has 3 atom stereocenters. The first-order valence-corrected chi connectivity index (χ1v) is 26.4. The van der Waals surface area contributed by atoms with E-state index < -0.39 is 18.2 Å². The molecule has 0 saturated heterocycles. The number of esters is 1. The van der Waals surface area contributed by atoms with Gasteiger partial charge in [0.15, 0.2) is 0 Å². The quantitative estimate of drug-likeness (QED) is 0.0322. The Kier molecular flexibility index (Phi) is 46.5. The molecule has 0 radical (unpaired) electrons. The lowest BCUT2D eigenvalue weighted by molar-refractivity contribution is -0.151. The number of ether oxygens (including phenoxy) is 1. The van der Waals surface area contributed by atoms with E-state index in [4.69, 9.17) is 4.74 Å². The van der Waals surface area contributed by atoms with Crippen LogP contribution < -0.4 is 5.32 Å². The second kappa shape index (κ2) is 47.6. The number of hydrogen-bond acceptors (Lipinski definition) is 5. The molecule has 0 rings (SSSR count). The molecule has 0 aromatic heterocycles. The van der Waals surface area contributed by atoms with Gasteiger partial charge in [-0.3, -0.25) is 9.59 Å². The summed E-state index contributed by atoms with van der Waals surface area (Å²) < 4.78 is 5.93. The third-order valence-electron chi connectivity index (χ3n) is 12.3. The maximum absolute atomic E-state index is 13.2. The van der Waals surface area contributed by atoms with Gasteiger partial charge in [-0.2, -0.15) is 0 Å². The Bertz CT molecular complexity index is 893. The molecular formula is C53H103NO5. The summed E-state index contributed by atoms with van der Waals surface area (Å²) in [6.45, 7) is 6.50. The summed E-state index contributed by atoms with van der Waals surface area (Å²) in [5, 5.41) is 23.8. The van der Waals surface area contributed by atoms with Gasteiger partial charge in [-0.05, 0) is 51.4 Å². The molecule has 6 heteroatoms. The standard InChI is InChI=1S/C53H103NO5/c1-4-7-10-13-16-19-22-25-28-29-32-35-38-41-44-49(59-53(58)46-43-40-37-34-31-27-24-21-18-15-12-9-6-3)47-52(57)54-50(48-55)51(56)45-42-39-36-33-30-26-23-20-17-14-11-8-5-2/h28-29,49-51,55-56H,4-27,30-48H2,1-3H3,(H,54,57)/b29-28+. The van der Waals surface area contributed by atoms with Gasteiger partial charge in [-0.15, -0.1) is 0 Å². The first-order valence-electron chi connectivity index (χ1n) is 26.4. The highest BCUT2D eigenvalue weighted by Gasteiger charge is 2.24. The normalized spacial score (nSPS) is 13.2. The third-order valence-corrected chi connectivity index (χ3v) is 12.3. The van der Waals surface area contributed by atoms with Crippen molar-refractivity contribution in [3.05, 3.63) is 12.2 Å². The molecule has 3 N–H and O–H groups in total. The Morgan fingerprint density at radius 1 is 0.475 bits per heavy atom. The molecule has 350 valence electrons. The highest BCUT2D eigenvalue weighted by Crippen LogP contribution is 2.18. The Hall–Kier alpha value is -1.40. The van der Waals surface area contributed by atoms with Crippen molar-refractivity contribution < 1.29 is 24.5 Å². The number of hydrogen-bond donors (Lipinski definition) is 3. The van der Waals surface area contributed by atoms with Crippen LogP contribution in [-0.4, -0.2) is 46.9 Å². The van der Waals surface area contributed by atoms with Crippen LogP contribution in [0.25, 0.3) is 0 Å². The Morgan fingerprint density at radius 2 is 0.814 bits per heavy atom. The van der Waals surface area contributed by atoms with E-state index >= 15 is 0 Å². The summed E-state index contributed by atoms with van der Waals surface area (Å²) >= 11 is 0. The maximum Gasteiger partial charge on any atom is 0.306 e. The van der Waals surface area contributed by atoms with Crippen molar-refractivity contribution in [3.63, 3.8) is 0 Å². The highest BCUT2D eigenvalue weighted by molar-refractivity contribution is 5.77. The van der Waals surface area contributed by atoms with Crippen molar-refractivity contribution in [2.45, 2.75) is 309 Å². The van der Waals surface area contributed by atoms with Crippen LogP contribution in [-0.2, 0) is 14.3 Å². The number of allylic oxidation sites excluding steroid dienone is 2. The van der Waals surface area contributed by atoms with Crippen molar-refractivity contribution in [1.82, 2.24) is 5.32 Å². The van der Waals surface area contributed by atoms with E-state index in [1.54, 1.807) is 0 Å². The molecule has 0 aliphatic carbocycles. The topological polar surface area (TPSA) is 95.9 Å². The zero-order chi connectivity index (χ0) is 43.1. The minimum Gasteiger partial charge on any atom is -0.462 e. The van der Waals surface area contributed by atoms with Crippen molar-refractivity contribution in [3.8, 4) is 0 Å². The molecular weight excluding hydrogens is 731 g/mol. The van der Waals surface area contributed by atoms with Gasteiger partial charge in [0.1, 0.15) is 6.10 Å². The Morgan fingerprint density at radius 3 is 1.22 bits per heavy atom. The van der Waals surface area contributed by atoms with Gasteiger partial charge in [0, 0.05) is 6.42 Å². The SMILES string of the molecule is CCCCCCCCC/C=C/CCCCCC(CC(=O)NC(CO)C(O)CCCCCCCCCCCCCCC)OC(=O)CCCCCCCCCCCCCCC. The summed E-state index contributed by atoms with van der Waals surface area (Å²) in [6, 6.07) is -0.699.